The zero-order valence-corrected chi connectivity index (χ0v) is 16.1. The number of sulfonamides is 1. The maximum Gasteiger partial charge on any atom is 0.230 e. The van der Waals surface area contributed by atoms with E-state index in [-0.39, 0.29) is 17.7 Å². The Kier molecular flexibility index (Phi) is 6.59. The van der Waals surface area contributed by atoms with Crippen LogP contribution in [0.5, 0.6) is 0 Å². The van der Waals surface area contributed by atoms with Gasteiger partial charge in [0.1, 0.15) is 0 Å². The first-order valence-electron chi connectivity index (χ1n) is 8.84. The van der Waals surface area contributed by atoms with Crippen molar-refractivity contribution >= 4 is 15.9 Å². The van der Waals surface area contributed by atoms with Crippen molar-refractivity contribution in [3.63, 3.8) is 0 Å². The van der Waals surface area contributed by atoms with Crippen molar-refractivity contribution in [2.75, 3.05) is 32.4 Å². The van der Waals surface area contributed by atoms with Crippen molar-refractivity contribution < 1.29 is 13.2 Å². The van der Waals surface area contributed by atoms with E-state index in [4.69, 9.17) is 0 Å². The third kappa shape index (κ3) is 4.40. The second-order valence-electron chi connectivity index (χ2n) is 6.65. The van der Waals surface area contributed by atoms with Crippen LogP contribution in [0.15, 0.2) is 30.3 Å². The molecule has 140 valence electrons. The molecule has 1 atom stereocenters. The Labute approximate surface area is 151 Å². The molecular formula is C18H29N3O3S. The zero-order valence-electron chi connectivity index (χ0n) is 15.3. The van der Waals surface area contributed by atoms with E-state index in [1.807, 2.05) is 44.3 Å². The van der Waals surface area contributed by atoms with Crippen LogP contribution in [0.2, 0.25) is 0 Å². The minimum Gasteiger partial charge on any atom is -0.354 e. The van der Waals surface area contributed by atoms with E-state index in [2.05, 4.69) is 10.6 Å². The Morgan fingerprint density at radius 2 is 1.84 bits per heavy atom. The highest BCUT2D eigenvalue weighted by atomic mass is 32.2. The summed E-state index contributed by atoms with van der Waals surface area (Å²) in [5.74, 6) is 0.0753. The van der Waals surface area contributed by atoms with Gasteiger partial charge in [-0.3, -0.25) is 4.79 Å². The number of hydrogen-bond acceptors (Lipinski definition) is 4. The SMILES string of the molecule is CCS(=O)(=O)N1CCC(C(=O)NCC(C)NC)(c2ccccc2)CC1. The quantitative estimate of drug-likeness (QED) is 0.756. The van der Waals surface area contributed by atoms with Crippen LogP contribution in [-0.4, -0.2) is 57.1 Å². The van der Waals surface area contributed by atoms with Gasteiger partial charge in [-0.15, -0.1) is 0 Å². The van der Waals surface area contributed by atoms with Crippen LogP contribution < -0.4 is 10.6 Å². The van der Waals surface area contributed by atoms with Crippen molar-refractivity contribution in [1.82, 2.24) is 14.9 Å². The molecule has 2 N–H and O–H groups in total. The molecule has 6 nitrogen and oxygen atoms in total. The number of likely N-dealkylation sites (N-methyl/N-ethyl adjacent to an activating group) is 1. The smallest absolute Gasteiger partial charge is 0.230 e. The molecule has 1 saturated heterocycles. The average molecular weight is 368 g/mol. The molecule has 2 rings (SSSR count). The second kappa shape index (κ2) is 8.29. The highest BCUT2D eigenvalue weighted by Crippen LogP contribution is 2.36. The third-order valence-electron chi connectivity index (χ3n) is 5.16. The lowest BCUT2D eigenvalue weighted by Crippen LogP contribution is -2.54. The molecule has 1 aliphatic heterocycles. The fraction of sp³-hybridized carbons (Fsp3) is 0.611. The van der Waals surface area contributed by atoms with E-state index < -0.39 is 15.4 Å². The summed E-state index contributed by atoms with van der Waals surface area (Å²) >= 11 is 0. The highest BCUT2D eigenvalue weighted by molar-refractivity contribution is 7.89. The molecule has 25 heavy (non-hydrogen) atoms. The van der Waals surface area contributed by atoms with Gasteiger partial charge in [0.2, 0.25) is 15.9 Å². The first-order chi connectivity index (χ1) is 11.9. The summed E-state index contributed by atoms with van der Waals surface area (Å²) < 4.78 is 25.8. The van der Waals surface area contributed by atoms with Crippen LogP contribution in [-0.2, 0) is 20.2 Å². The highest BCUT2D eigenvalue weighted by Gasteiger charge is 2.44. The normalized spacial score (nSPS) is 19.3. The summed E-state index contributed by atoms with van der Waals surface area (Å²) in [7, 11) is -1.36. The lowest BCUT2D eigenvalue weighted by Gasteiger charge is -2.40. The van der Waals surface area contributed by atoms with Crippen molar-refractivity contribution in [2.45, 2.75) is 38.1 Å². The number of amides is 1. The van der Waals surface area contributed by atoms with Gasteiger partial charge in [0.25, 0.3) is 0 Å². The maximum atomic E-state index is 13.1. The van der Waals surface area contributed by atoms with Crippen LogP contribution in [0.4, 0.5) is 0 Å². The molecule has 1 aromatic carbocycles. The molecule has 0 aliphatic carbocycles. The fourth-order valence-corrected chi connectivity index (χ4v) is 4.35. The van der Waals surface area contributed by atoms with Crippen molar-refractivity contribution in [1.29, 1.82) is 0 Å². The summed E-state index contributed by atoms with van der Waals surface area (Å²) in [5.41, 5.74) is 0.284. The van der Waals surface area contributed by atoms with Crippen molar-refractivity contribution in [3.8, 4) is 0 Å². The summed E-state index contributed by atoms with van der Waals surface area (Å²) in [6, 6.07) is 9.88. The number of rotatable bonds is 7. The van der Waals surface area contributed by atoms with Gasteiger partial charge in [0.05, 0.1) is 11.2 Å². The predicted molar refractivity (Wildman–Crippen MR) is 99.9 cm³/mol. The monoisotopic (exact) mass is 367 g/mol. The number of piperidine rings is 1. The molecule has 1 amide bonds. The zero-order chi connectivity index (χ0) is 18.5. The number of nitrogens with zero attached hydrogens (tertiary/aromatic N) is 1. The predicted octanol–water partition coefficient (Wildman–Crippen LogP) is 1.09. The summed E-state index contributed by atoms with van der Waals surface area (Å²) in [6.07, 6.45) is 0.992. The fourth-order valence-electron chi connectivity index (χ4n) is 3.25. The van der Waals surface area contributed by atoms with E-state index in [1.54, 1.807) is 6.92 Å². The second-order valence-corrected chi connectivity index (χ2v) is 8.91. The lowest BCUT2D eigenvalue weighted by molar-refractivity contribution is -0.128. The molecule has 1 heterocycles. The van der Waals surface area contributed by atoms with Crippen molar-refractivity contribution in [2.24, 2.45) is 0 Å². The minimum absolute atomic E-state index is 0.0191. The third-order valence-corrected chi connectivity index (χ3v) is 7.04. The first kappa shape index (κ1) is 19.9. The Morgan fingerprint density at radius 3 is 2.36 bits per heavy atom. The van der Waals surface area contributed by atoms with Gasteiger partial charge in [0, 0.05) is 25.7 Å². The first-order valence-corrected chi connectivity index (χ1v) is 10.5. The number of nitrogens with one attached hydrogen (secondary N) is 2. The minimum atomic E-state index is -3.22. The van der Waals surface area contributed by atoms with E-state index in [9.17, 15) is 13.2 Å². The molecule has 0 saturated carbocycles. The van der Waals surface area contributed by atoms with Crippen LogP contribution in [0, 0.1) is 0 Å². The molecule has 0 radical (unpaired) electrons. The van der Waals surface area contributed by atoms with Gasteiger partial charge >= 0.3 is 0 Å². The topological polar surface area (TPSA) is 78.5 Å². The van der Waals surface area contributed by atoms with E-state index in [0.29, 0.717) is 32.5 Å². The van der Waals surface area contributed by atoms with Gasteiger partial charge in [-0.05, 0) is 39.3 Å². The molecule has 1 unspecified atom stereocenters. The summed E-state index contributed by atoms with van der Waals surface area (Å²) in [4.78, 5) is 13.1. The Bertz CT molecular complexity index is 668. The standard InChI is InChI=1S/C18H29N3O3S/c1-4-25(23,24)21-12-10-18(11-13-21,16-8-6-5-7-9-16)17(22)20-14-15(2)19-3/h5-9,15,19H,4,10-14H2,1-3H3,(H,20,22). The molecule has 0 spiro atoms. The largest absolute Gasteiger partial charge is 0.354 e. The molecule has 0 bridgehead atoms. The van der Waals surface area contributed by atoms with Gasteiger partial charge in [-0.1, -0.05) is 30.3 Å². The maximum absolute atomic E-state index is 13.1. The molecular weight excluding hydrogens is 338 g/mol. The van der Waals surface area contributed by atoms with E-state index >= 15 is 0 Å². The number of carbonyl (C=O) groups excluding carboxylic acids is 1. The molecule has 7 heteroatoms. The van der Waals surface area contributed by atoms with Gasteiger partial charge in [0.15, 0.2) is 0 Å². The molecule has 1 aromatic rings. The van der Waals surface area contributed by atoms with Crippen LogP contribution in [0.25, 0.3) is 0 Å². The van der Waals surface area contributed by atoms with Gasteiger partial charge < -0.3 is 10.6 Å². The molecule has 1 aliphatic rings. The van der Waals surface area contributed by atoms with E-state index in [0.717, 1.165) is 5.56 Å². The van der Waals surface area contributed by atoms with Crippen LogP contribution >= 0.6 is 0 Å². The van der Waals surface area contributed by atoms with Crippen LogP contribution in [0.1, 0.15) is 32.3 Å². The Hall–Kier alpha value is -1.44. The molecule has 1 fully saturated rings. The van der Waals surface area contributed by atoms with E-state index in [1.165, 1.54) is 4.31 Å². The summed E-state index contributed by atoms with van der Waals surface area (Å²) in [5, 5.41) is 6.15. The van der Waals surface area contributed by atoms with Crippen LogP contribution in [0.3, 0.4) is 0 Å². The Morgan fingerprint density at radius 1 is 1.24 bits per heavy atom. The van der Waals surface area contributed by atoms with Crippen molar-refractivity contribution in [3.05, 3.63) is 35.9 Å². The Balaban J connectivity index is 2.23. The van der Waals surface area contributed by atoms with Gasteiger partial charge in [-0.2, -0.15) is 0 Å². The number of benzene rings is 1. The number of carbonyl (C=O) groups is 1. The van der Waals surface area contributed by atoms with Gasteiger partial charge in [-0.25, -0.2) is 12.7 Å². The number of hydrogen-bond donors (Lipinski definition) is 2. The lowest BCUT2D eigenvalue weighted by atomic mass is 9.72. The average Bonchev–Trinajstić information content (AvgIpc) is 2.66. The molecule has 0 aromatic heterocycles. The summed E-state index contributed by atoms with van der Waals surface area (Å²) in [6.45, 7) is 4.95.